The predicted molar refractivity (Wildman–Crippen MR) is 188 cm³/mol. The molecule has 6 N–H and O–H groups in total. The molecule has 0 bridgehead atoms. The van der Waals surface area contributed by atoms with E-state index in [2.05, 4.69) is 27.2 Å². The second-order valence-corrected chi connectivity index (χ2v) is 11.3. The molecule has 2 heterocycles. The third-order valence-electron chi connectivity index (χ3n) is 8.01. The topological polar surface area (TPSA) is 173 Å². The molecule has 3 aromatic carbocycles. The average Bonchev–Trinajstić information content (AvgIpc) is 3.11. The molecule has 50 heavy (non-hydrogen) atoms. The Morgan fingerprint density at radius 2 is 1.74 bits per heavy atom. The van der Waals surface area contributed by atoms with E-state index in [9.17, 15) is 22.8 Å². The molecule has 0 unspecified atom stereocenters. The number of nitrogens with two attached hydrogens (primary N) is 1. The van der Waals surface area contributed by atoms with Gasteiger partial charge < -0.3 is 41.7 Å². The third kappa shape index (κ3) is 7.22. The number of piperazine rings is 1. The summed E-state index contributed by atoms with van der Waals surface area (Å²) in [6.45, 7) is 5.43. The number of nitrogens with one attached hydrogen (secondary N) is 4. The number of hydrogen-bond acceptors (Lipinski definition) is 10. The van der Waals surface area contributed by atoms with E-state index in [1.54, 1.807) is 17.0 Å². The predicted octanol–water partition coefficient (Wildman–Crippen LogP) is 5.89. The summed E-state index contributed by atoms with van der Waals surface area (Å²) in [6.07, 6.45) is -1.18. The molecule has 12 nitrogen and oxygen atoms in total. The lowest BCUT2D eigenvalue weighted by molar-refractivity contribution is -0.126. The number of anilines is 4. The molecule has 4 aromatic rings. The number of carbonyl (C=O) groups is 2. The molecule has 0 aliphatic carbocycles. The van der Waals surface area contributed by atoms with Gasteiger partial charge in [-0.25, -0.2) is 9.97 Å². The maximum atomic E-state index is 14.3. The van der Waals surface area contributed by atoms with Crippen LogP contribution in [-0.4, -0.2) is 78.6 Å². The van der Waals surface area contributed by atoms with Gasteiger partial charge in [-0.2, -0.15) is 13.2 Å². The fourth-order valence-electron chi connectivity index (χ4n) is 5.51. The first-order chi connectivity index (χ1) is 23.9. The Hall–Kier alpha value is -5.96. The highest BCUT2D eigenvalue weighted by atomic mass is 35.5. The minimum Gasteiger partial charge on any atom is -0.497 e. The quantitative estimate of drug-likeness (QED) is 0.0772. The normalized spacial score (nSPS) is 13.7. The molecule has 0 saturated carbocycles. The highest BCUT2D eigenvalue weighted by Gasteiger charge is 2.38. The van der Waals surface area contributed by atoms with E-state index in [0.717, 1.165) is 6.21 Å². The molecule has 258 valence electrons. The summed E-state index contributed by atoms with van der Waals surface area (Å²) in [4.78, 5) is 38.1. The molecule has 2 amide bonds. The first-order valence-electron chi connectivity index (χ1n) is 15.0. The number of amides is 2. The van der Waals surface area contributed by atoms with Crippen molar-refractivity contribution in [3.63, 3.8) is 0 Å². The number of aromatic nitrogens is 2. The Morgan fingerprint density at radius 3 is 2.34 bits per heavy atom. The number of rotatable bonds is 10. The minimum atomic E-state index is -5.05. The summed E-state index contributed by atoms with van der Waals surface area (Å²) in [5.41, 5.74) is 4.85. The van der Waals surface area contributed by atoms with Crippen LogP contribution in [0, 0.1) is 10.8 Å². The molecule has 1 aliphatic rings. The van der Waals surface area contributed by atoms with Crippen LogP contribution in [0.25, 0.3) is 22.0 Å². The second kappa shape index (κ2) is 14.7. The van der Waals surface area contributed by atoms with E-state index in [1.165, 1.54) is 55.9 Å². The number of methoxy groups -OCH3 is 1. The maximum absolute atomic E-state index is 14.3. The van der Waals surface area contributed by atoms with Crippen molar-refractivity contribution in [3.8, 4) is 16.9 Å². The third-order valence-corrected chi connectivity index (χ3v) is 8.32. The molecule has 5 rings (SSSR count). The van der Waals surface area contributed by atoms with E-state index in [0.29, 0.717) is 54.9 Å². The number of alkyl halides is 3. The Balaban J connectivity index is 1.55. The van der Waals surface area contributed by atoms with Crippen LogP contribution in [0.3, 0.4) is 0 Å². The largest absolute Gasteiger partial charge is 0.497 e. The monoisotopic (exact) mass is 705 g/mol. The lowest BCUT2D eigenvalue weighted by Gasteiger charge is -2.35. The number of halogens is 4. The molecule has 0 spiro atoms. The van der Waals surface area contributed by atoms with Crippen LogP contribution in [0.5, 0.6) is 5.75 Å². The van der Waals surface area contributed by atoms with Crippen LogP contribution in [-0.2, 0) is 9.59 Å². The number of carbonyl (C=O) groups excluding carboxylic acids is 2. The SMILES string of the molecule is C=CC(=O)N1CCN(c2ncnc3cc(-c4c(NC(=O)/C(C=N)=C(/Nc5ccc(OC)cc5)C(F)(F)F)ccc(N)c4C=N)c(Cl)cc23)CC1. The minimum absolute atomic E-state index is 0.000905. The van der Waals surface area contributed by atoms with Gasteiger partial charge in [0.1, 0.15) is 23.6 Å². The van der Waals surface area contributed by atoms with Gasteiger partial charge in [0.15, 0.2) is 0 Å². The van der Waals surface area contributed by atoms with Crippen LogP contribution in [0.2, 0.25) is 5.02 Å². The number of nitrogen functional groups attached to an aromatic ring is 1. The highest BCUT2D eigenvalue weighted by Crippen LogP contribution is 2.41. The van der Waals surface area contributed by atoms with Crippen LogP contribution in [0.1, 0.15) is 5.56 Å². The van der Waals surface area contributed by atoms with Crippen molar-refractivity contribution in [2.45, 2.75) is 6.18 Å². The Kier molecular flexibility index (Phi) is 10.4. The van der Waals surface area contributed by atoms with Gasteiger partial charge in [0, 0.05) is 82.8 Å². The van der Waals surface area contributed by atoms with Gasteiger partial charge >= 0.3 is 6.18 Å². The van der Waals surface area contributed by atoms with Crippen LogP contribution < -0.4 is 26.0 Å². The summed E-state index contributed by atoms with van der Waals surface area (Å²) < 4.78 is 48.0. The molecule has 1 aromatic heterocycles. The van der Waals surface area contributed by atoms with Crippen molar-refractivity contribution in [3.05, 3.63) is 89.4 Å². The average molecular weight is 706 g/mol. The van der Waals surface area contributed by atoms with Gasteiger partial charge in [0.25, 0.3) is 5.91 Å². The first-order valence-corrected chi connectivity index (χ1v) is 15.4. The molecule has 0 radical (unpaired) electrons. The van der Waals surface area contributed by atoms with E-state index < -0.39 is 23.4 Å². The molecule has 16 heteroatoms. The molecular weight excluding hydrogens is 675 g/mol. The van der Waals surface area contributed by atoms with E-state index in [1.807, 2.05) is 4.90 Å². The Morgan fingerprint density at radius 1 is 1.04 bits per heavy atom. The van der Waals surface area contributed by atoms with Crippen molar-refractivity contribution in [2.75, 3.05) is 54.6 Å². The zero-order valence-electron chi connectivity index (χ0n) is 26.6. The van der Waals surface area contributed by atoms with Gasteiger partial charge in [-0.05, 0) is 54.6 Å². The fraction of sp³-hybridized carbons (Fsp3) is 0.176. The van der Waals surface area contributed by atoms with E-state index in [-0.39, 0.29) is 44.7 Å². The lowest BCUT2D eigenvalue weighted by Crippen LogP contribution is -2.48. The van der Waals surface area contributed by atoms with Crippen molar-refractivity contribution >= 4 is 69.6 Å². The second-order valence-electron chi connectivity index (χ2n) is 10.9. The summed E-state index contributed by atoms with van der Waals surface area (Å²) in [5, 5.41) is 21.3. The van der Waals surface area contributed by atoms with Gasteiger partial charge in [0.05, 0.1) is 18.2 Å². The van der Waals surface area contributed by atoms with Gasteiger partial charge in [-0.3, -0.25) is 9.59 Å². The zero-order chi connectivity index (χ0) is 36.2. The number of fused-ring (bicyclic) bond motifs is 1. The summed E-state index contributed by atoms with van der Waals surface area (Å²) in [5.74, 6) is -0.438. The molecule has 0 atom stereocenters. The number of ether oxygens (including phenoxy) is 1. The zero-order valence-corrected chi connectivity index (χ0v) is 27.3. The van der Waals surface area contributed by atoms with Crippen molar-refractivity contribution < 1.29 is 27.5 Å². The lowest BCUT2D eigenvalue weighted by atomic mass is 9.95. The summed E-state index contributed by atoms with van der Waals surface area (Å²) in [7, 11) is 1.41. The van der Waals surface area contributed by atoms with Crippen molar-refractivity contribution in [1.29, 1.82) is 10.8 Å². The number of hydrogen-bond donors (Lipinski definition) is 5. The standard InChI is InChI=1S/C34H31ClF3N9O3/c1-3-29(48)46-10-12-47(13-11-46)32-22-14-25(35)21(15-28(22)42-18-43-32)30-23(16-39)26(41)8-9-27(30)45-33(49)24(17-40)31(34(36,37)38)44-19-4-6-20(50-2)7-5-19/h3-9,14-18,39-40,44H,1,10-13,41H2,2H3,(H,45,49)/b31-24+,39-16?,40-17?. The Labute approximate surface area is 289 Å². The maximum Gasteiger partial charge on any atom is 0.432 e. The molecule has 1 aliphatic heterocycles. The molecule has 1 fully saturated rings. The summed E-state index contributed by atoms with van der Waals surface area (Å²) >= 11 is 6.85. The number of allylic oxidation sites excluding steroid dienone is 1. The van der Waals surface area contributed by atoms with Gasteiger partial charge in [0.2, 0.25) is 5.91 Å². The van der Waals surface area contributed by atoms with E-state index in [4.69, 9.17) is 32.9 Å². The molecule has 1 saturated heterocycles. The smallest absolute Gasteiger partial charge is 0.432 e. The van der Waals surface area contributed by atoms with Crippen LogP contribution >= 0.6 is 11.6 Å². The van der Waals surface area contributed by atoms with Gasteiger partial charge in [-0.15, -0.1) is 0 Å². The Bertz CT molecular complexity index is 2030. The van der Waals surface area contributed by atoms with Crippen molar-refractivity contribution in [2.24, 2.45) is 0 Å². The van der Waals surface area contributed by atoms with E-state index >= 15 is 0 Å². The molecular formula is C34H31ClF3N9O3. The highest BCUT2D eigenvalue weighted by molar-refractivity contribution is 6.35. The van der Waals surface area contributed by atoms with Crippen molar-refractivity contribution in [1.82, 2.24) is 14.9 Å². The van der Waals surface area contributed by atoms with Crippen LogP contribution in [0.4, 0.5) is 36.1 Å². The summed E-state index contributed by atoms with van der Waals surface area (Å²) in [6, 6.07) is 11.5. The van der Waals surface area contributed by atoms with Gasteiger partial charge in [-0.1, -0.05) is 18.2 Å². The number of nitrogens with zero attached hydrogens (tertiary/aromatic N) is 4. The number of benzene rings is 3. The van der Waals surface area contributed by atoms with Crippen LogP contribution in [0.15, 0.2) is 78.8 Å². The fourth-order valence-corrected chi connectivity index (χ4v) is 5.77. The first kappa shape index (κ1) is 35.3.